The summed E-state index contributed by atoms with van der Waals surface area (Å²) in [6, 6.07) is 6.19. The fourth-order valence-electron chi connectivity index (χ4n) is 2.64. The third-order valence-electron chi connectivity index (χ3n) is 3.71. The van der Waals surface area contributed by atoms with E-state index in [1.165, 1.54) is 22.5 Å². The Morgan fingerprint density at radius 2 is 2.00 bits per heavy atom. The average molecular weight is 339 g/mol. The van der Waals surface area contributed by atoms with Crippen molar-refractivity contribution in [3.63, 3.8) is 0 Å². The number of rotatable bonds is 3. The van der Waals surface area contributed by atoms with Crippen molar-refractivity contribution in [1.29, 1.82) is 0 Å². The van der Waals surface area contributed by atoms with Crippen molar-refractivity contribution in [2.75, 3.05) is 19.6 Å². The first kappa shape index (κ1) is 16.0. The van der Waals surface area contributed by atoms with Gasteiger partial charge < -0.3 is 5.32 Å². The molecule has 0 saturated carbocycles. The molecule has 3 rings (SSSR count). The largest absolute Gasteiger partial charge is 0.313 e. The van der Waals surface area contributed by atoms with E-state index in [9.17, 15) is 17.2 Å². The van der Waals surface area contributed by atoms with E-state index >= 15 is 0 Å². The first-order valence-electron chi connectivity index (χ1n) is 7.07. The molecule has 1 unspecified atom stereocenters. The zero-order chi connectivity index (χ0) is 16.4. The van der Waals surface area contributed by atoms with Gasteiger partial charge >= 0.3 is 0 Å². The molecule has 23 heavy (non-hydrogen) atoms. The number of nitrogens with one attached hydrogen (secondary N) is 1. The Kier molecular flexibility index (Phi) is 4.38. The quantitative estimate of drug-likeness (QED) is 0.924. The van der Waals surface area contributed by atoms with Gasteiger partial charge in [0, 0.05) is 25.8 Å². The molecule has 0 amide bonds. The molecule has 8 heteroatoms. The number of hydrogen-bond acceptors (Lipinski definition) is 4. The molecule has 1 atom stereocenters. The summed E-state index contributed by atoms with van der Waals surface area (Å²) in [5.74, 6) is -1.15. The lowest BCUT2D eigenvalue weighted by molar-refractivity contribution is 0.271. The number of aromatic nitrogens is 1. The Labute approximate surface area is 133 Å². The molecule has 0 bridgehead atoms. The molecule has 2 aromatic rings. The lowest BCUT2D eigenvalue weighted by Crippen LogP contribution is -2.48. The van der Waals surface area contributed by atoms with Crippen molar-refractivity contribution in [2.24, 2.45) is 0 Å². The zero-order valence-corrected chi connectivity index (χ0v) is 12.9. The molecule has 1 fully saturated rings. The maximum Gasteiger partial charge on any atom is 0.245 e. The van der Waals surface area contributed by atoms with Gasteiger partial charge in [0.1, 0.15) is 16.5 Å². The Bertz CT molecular complexity index is 814. The van der Waals surface area contributed by atoms with Gasteiger partial charge in [-0.05, 0) is 23.8 Å². The van der Waals surface area contributed by atoms with E-state index in [4.69, 9.17) is 0 Å². The number of pyridine rings is 1. The minimum Gasteiger partial charge on any atom is -0.313 e. The lowest BCUT2D eigenvalue weighted by Gasteiger charge is -2.35. The topological polar surface area (TPSA) is 62.3 Å². The van der Waals surface area contributed by atoms with E-state index < -0.39 is 27.7 Å². The summed E-state index contributed by atoms with van der Waals surface area (Å²) < 4.78 is 53.7. The Balaban J connectivity index is 2.01. The molecule has 122 valence electrons. The van der Waals surface area contributed by atoms with Crippen LogP contribution in [0, 0.1) is 11.6 Å². The number of halogens is 2. The van der Waals surface area contributed by atoms with E-state index in [-0.39, 0.29) is 11.4 Å². The van der Waals surface area contributed by atoms with Gasteiger partial charge in [0.25, 0.3) is 0 Å². The van der Waals surface area contributed by atoms with Gasteiger partial charge in [-0.15, -0.1) is 0 Å². The highest BCUT2D eigenvalue weighted by atomic mass is 32.2. The first-order valence-corrected chi connectivity index (χ1v) is 8.51. The number of sulfonamides is 1. The Hall–Kier alpha value is -1.90. The molecule has 0 radical (unpaired) electrons. The van der Waals surface area contributed by atoms with E-state index in [1.54, 1.807) is 6.07 Å². The van der Waals surface area contributed by atoms with Crippen molar-refractivity contribution in [1.82, 2.24) is 14.6 Å². The zero-order valence-electron chi connectivity index (χ0n) is 12.1. The highest BCUT2D eigenvalue weighted by molar-refractivity contribution is 7.89. The standard InChI is InChI=1S/C15H15F2N3O2S/c16-12-3-1-2-11(6-12)15-10-18-4-5-20(15)23(21,22)14-7-13(17)8-19-9-14/h1-3,6-9,15,18H,4-5,10H2. The summed E-state index contributed by atoms with van der Waals surface area (Å²) in [6.45, 7) is 1.03. The van der Waals surface area contributed by atoms with Crippen LogP contribution in [0.4, 0.5) is 8.78 Å². The van der Waals surface area contributed by atoms with Crippen molar-refractivity contribution in [3.05, 3.63) is 59.9 Å². The van der Waals surface area contributed by atoms with Crippen LogP contribution in [-0.2, 0) is 10.0 Å². The SMILES string of the molecule is O=S(=O)(c1cncc(F)c1)N1CCNCC1c1cccc(F)c1. The second kappa shape index (κ2) is 6.31. The summed E-state index contributed by atoms with van der Waals surface area (Å²) in [4.78, 5) is 3.39. The number of benzene rings is 1. The van der Waals surface area contributed by atoms with E-state index in [1.807, 2.05) is 0 Å². The van der Waals surface area contributed by atoms with Crippen molar-refractivity contribution in [2.45, 2.75) is 10.9 Å². The average Bonchev–Trinajstić information content (AvgIpc) is 2.55. The highest BCUT2D eigenvalue weighted by Crippen LogP contribution is 2.29. The minimum absolute atomic E-state index is 0.208. The van der Waals surface area contributed by atoms with Crippen molar-refractivity contribution >= 4 is 10.0 Å². The number of hydrogen-bond donors (Lipinski definition) is 1. The molecule has 1 aliphatic heterocycles. The van der Waals surface area contributed by atoms with Gasteiger partial charge in [0.15, 0.2) is 0 Å². The molecular formula is C15H15F2N3O2S. The monoisotopic (exact) mass is 339 g/mol. The van der Waals surface area contributed by atoms with Gasteiger partial charge in [-0.25, -0.2) is 17.2 Å². The van der Waals surface area contributed by atoms with Crippen LogP contribution < -0.4 is 5.32 Å². The highest BCUT2D eigenvalue weighted by Gasteiger charge is 2.34. The maximum atomic E-state index is 13.5. The van der Waals surface area contributed by atoms with E-state index in [0.29, 0.717) is 18.7 Å². The van der Waals surface area contributed by atoms with E-state index in [0.717, 1.165) is 18.5 Å². The molecule has 1 N–H and O–H groups in total. The van der Waals surface area contributed by atoms with Gasteiger partial charge in [0.2, 0.25) is 10.0 Å². The first-order chi connectivity index (χ1) is 11.0. The molecule has 1 aliphatic rings. The number of piperazine rings is 1. The van der Waals surface area contributed by atoms with Crippen LogP contribution in [0.2, 0.25) is 0 Å². The maximum absolute atomic E-state index is 13.5. The van der Waals surface area contributed by atoms with Gasteiger partial charge in [-0.3, -0.25) is 4.98 Å². The summed E-state index contributed by atoms with van der Waals surface area (Å²) in [6.07, 6.45) is 2.06. The molecule has 1 aromatic carbocycles. The molecule has 1 aromatic heterocycles. The second-order valence-electron chi connectivity index (χ2n) is 5.23. The van der Waals surface area contributed by atoms with Gasteiger partial charge in [-0.2, -0.15) is 4.31 Å². The second-order valence-corrected chi connectivity index (χ2v) is 7.12. The van der Waals surface area contributed by atoms with Crippen molar-refractivity contribution < 1.29 is 17.2 Å². The van der Waals surface area contributed by atoms with Crippen LogP contribution in [-0.4, -0.2) is 37.3 Å². The smallest absolute Gasteiger partial charge is 0.245 e. The summed E-state index contributed by atoms with van der Waals surface area (Å²) >= 11 is 0. The van der Waals surface area contributed by atoms with Crippen LogP contribution in [0.25, 0.3) is 0 Å². The molecule has 2 heterocycles. The predicted octanol–water partition coefficient (Wildman–Crippen LogP) is 1.70. The summed E-state index contributed by atoms with van der Waals surface area (Å²) in [5, 5.41) is 3.10. The van der Waals surface area contributed by atoms with Crippen LogP contribution in [0.3, 0.4) is 0 Å². The molecular weight excluding hydrogens is 324 g/mol. The van der Waals surface area contributed by atoms with Crippen LogP contribution in [0.1, 0.15) is 11.6 Å². The number of nitrogens with zero attached hydrogens (tertiary/aromatic N) is 2. The van der Waals surface area contributed by atoms with Crippen LogP contribution in [0.15, 0.2) is 47.6 Å². The predicted molar refractivity (Wildman–Crippen MR) is 80.1 cm³/mol. The van der Waals surface area contributed by atoms with Gasteiger partial charge in [0.05, 0.1) is 12.2 Å². The fourth-order valence-corrected chi connectivity index (χ4v) is 4.23. The third kappa shape index (κ3) is 3.24. The summed E-state index contributed by atoms with van der Waals surface area (Å²) in [5.41, 5.74) is 0.546. The van der Waals surface area contributed by atoms with Crippen LogP contribution >= 0.6 is 0 Å². The molecule has 0 aliphatic carbocycles. The Morgan fingerprint density at radius 1 is 1.17 bits per heavy atom. The molecule has 5 nitrogen and oxygen atoms in total. The molecule has 0 spiro atoms. The van der Waals surface area contributed by atoms with Crippen molar-refractivity contribution in [3.8, 4) is 0 Å². The van der Waals surface area contributed by atoms with E-state index in [2.05, 4.69) is 10.3 Å². The Morgan fingerprint density at radius 3 is 2.74 bits per heavy atom. The van der Waals surface area contributed by atoms with Crippen LogP contribution in [0.5, 0.6) is 0 Å². The minimum atomic E-state index is -3.93. The van der Waals surface area contributed by atoms with Gasteiger partial charge in [-0.1, -0.05) is 12.1 Å². The fraction of sp³-hybridized carbons (Fsp3) is 0.267. The lowest BCUT2D eigenvalue weighted by atomic mass is 10.1. The molecule has 1 saturated heterocycles. The third-order valence-corrected chi connectivity index (χ3v) is 5.59. The normalized spacial score (nSPS) is 19.7. The summed E-state index contributed by atoms with van der Waals surface area (Å²) in [7, 11) is -3.93.